The molecule has 1 amide bonds. The van der Waals surface area contributed by atoms with Crippen molar-refractivity contribution in [3.05, 3.63) is 41.0 Å². The van der Waals surface area contributed by atoms with Gasteiger partial charge in [-0.15, -0.1) is 11.3 Å². The van der Waals surface area contributed by atoms with Crippen molar-refractivity contribution in [2.24, 2.45) is 0 Å². The number of thiazole rings is 1. The number of aromatic nitrogens is 1. The minimum atomic E-state index is 0.0455. The normalized spacial score (nSPS) is 12.1. The zero-order valence-electron chi connectivity index (χ0n) is 9.81. The second-order valence-electron chi connectivity index (χ2n) is 3.90. The summed E-state index contributed by atoms with van der Waals surface area (Å²) in [5.74, 6) is 0. The van der Waals surface area contributed by atoms with E-state index in [4.69, 9.17) is 0 Å². The highest BCUT2D eigenvalue weighted by Gasteiger charge is 2.07. The molecule has 0 spiro atoms. The molecule has 0 aliphatic carbocycles. The van der Waals surface area contributed by atoms with Gasteiger partial charge in [-0.2, -0.15) is 0 Å². The topological polar surface area (TPSA) is 42.0 Å². The van der Waals surface area contributed by atoms with Gasteiger partial charge in [-0.1, -0.05) is 24.3 Å². The van der Waals surface area contributed by atoms with Crippen LogP contribution in [-0.2, 0) is 4.79 Å². The SMILES string of the molecule is Cc1ncsc1-c1ccc([C@@H](C)NC=O)cc1. The first-order valence-electron chi connectivity index (χ1n) is 5.42. The van der Waals surface area contributed by atoms with Crippen molar-refractivity contribution >= 4 is 17.7 Å². The van der Waals surface area contributed by atoms with Crippen LogP contribution in [0.4, 0.5) is 0 Å². The van der Waals surface area contributed by atoms with Gasteiger partial charge in [0.05, 0.1) is 22.1 Å². The molecule has 0 radical (unpaired) electrons. The number of carbonyl (C=O) groups excluding carboxylic acids is 1. The molecule has 3 nitrogen and oxygen atoms in total. The summed E-state index contributed by atoms with van der Waals surface area (Å²) in [5.41, 5.74) is 5.19. The quantitative estimate of drug-likeness (QED) is 0.843. The van der Waals surface area contributed by atoms with Crippen LogP contribution >= 0.6 is 11.3 Å². The van der Waals surface area contributed by atoms with E-state index in [1.54, 1.807) is 11.3 Å². The molecule has 2 rings (SSSR count). The molecule has 4 heteroatoms. The van der Waals surface area contributed by atoms with Gasteiger partial charge < -0.3 is 5.32 Å². The van der Waals surface area contributed by atoms with Crippen molar-refractivity contribution in [2.75, 3.05) is 0 Å². The zero-order chi connectivity index (χ0) is 12.3. The Balaban J connectivity index is 2.24. The Kier molecular flexibility index (Phi) is 3.54. The van der Waals surface area contributed by atoms with Crippen molar-refractivity contribution in [2.45, 2.75) is 19.9 Å². The second-order valence-corrected chi connectivity index (χ2v) is 4.75. The van der Waals surface area contributed by atoms with E-state index in [-0.39, 0.29) is 6.04 Å². The maximum absolute atomic E-state index is 10.4. The highest BCUT2D eigenvalue weighted by atomic mass is 32.1. The van der Waals surface area contributed by atoms with Gasteiger partial charge in [0.15, 0.2) is 0 Å². The van der Waals surface area contributed by atoms with E-state index in [2.05, 4.69) is 22.4 Å². The summed E-state index contributed by atoms with van der Waals surface area (Å²) < 4.78 is 0. The van der Waals surface area contributed by atoms with Crippen molar-refractivity contribution in [3.8, 4) is 10.4 Å². The molecule has 1 N–H and O–H groups in total. The van der Waals surface area contributed by atoms with Crippen LogP contribution in [0, 0.1) is 6.92 Å². The minimum Gasteiger partial charge on any atom is -0.352 e. The molecule has 0 aliphatic rings. The average Bonchev–Trinajstić information content (AvgIpc) is 2.76. The first kappa shape index (κ1) is 11.8. The molecule has 1 atom stereocenters. The highest BCUT2D eigenvalue weighted by molar-refractivity contribution is 7.13. The molecule has 1 aromatic heterocycles. The summed E-state index contributed by atoms with van der Waals surface area (Å²) in [7, 11) is 0. The molecular formula is C13H14N2OS. The van der Waals surface area contributed by atoms with E-state index in [1.165, 1.54) is 10.4 Å². The smallest absolute Gasteiger partial charge is 0.207 e. The van der Waals surface area contributed by atoms with Gasteiger partial charge >= 0.3 is 0 Å². The molecule has 0 saturated heterocycles. The van der Waals surface area contributed by atoms with E-state index >= 15 is 0 Å². The standard InChI is InChI=1S/C13H14N2OS/c1-9(14-7-16)11-3-5-12(6-4-11)13-10(2)15-8-17-13/h3-9H,1-2H3,(H,14,16)/t9-/m1/s1. The number of amides is 1. The Bertz CT molecular complexity index is 504. The molecule has 0 unspecified atom stereocenters. The lowest BCUT2D eigenvalue weighted by atomic mass is 10.1. The molecule has 2 aromatic rings. The number of rotatable bonds is 4. The summed E-state index contributed by atoms with van der Waals surface area (Å²) in [6, 6.07) is 8.26. The molecule has 1 aromatic carbocycles. The molecular weight excluding hydrogens is 232 g/mol. The van der Waals surface area contributed by atoms with Gasteiger partial charge in [0.2, 0.25) is 6.41 Å². The van der Waals surface area contributed by atoms with Crippen molar-refractivity contribution in [3.63, 3.8) is 0 Å². The fourth-order valence-electron chi connectivity index (χ4n) is 1.70. The molecule has 0 bridgehead atoms. The molecule has 17 heavy (non-hydrogen) atoms. The summed E-state index contributed by atoms with van der Waals surface area (Å²) in [5, 5.41) is 2.74. The highest BCUT2D eigenvalue weighted by Crippen LogP contribution is 2.28. The summed E-state index contributed by atoms with van der Waals surface area (Å²) in [6.07, 6.45) is 0.728. The third kappa shape index (κ3) is 2.53. The predicted molar refractivity (Wildman–Crippen MR) is 69.9 cm³/mol. The van der Waals surface area contributed by atoms with E-state index in [9.17, 15) is 4.79 Å². The lowest BCUT2D eigenvalue weighted by Crippen LogP contribution is -2.15. The Labute approximate surface area is 105 Å². The first-order valence-corrected chi connectivity index (χ1v) is 6.30. The van der Waals surface area contributed by atoms with Crippen LogP contribution in [0.2, 0.25) is 0 Å². The fourth-order valence-corrected chi connectivity index (χ4v) is 2.51. The van der Waals surface area contributed by atoms with Gasteiger partial charge in [-0.25, -0.2) is 4.98 Å². The number of carbonyl (C=O) groups is 1. The number of hydrogen-bond donors (Lipinski definition) is 1. The van der Waals surface area contributed by atoms with E-state index in [0.717, 1.165) is 17.7 Å². The van der Waals surface area contributed by atoms with Crippen LogP contribution in [-0.4, -0.2) is 11.4 Å². The molecule has 0 aliphatic heterocycles. The van der Waals surface area contributed by atoms with Crippen molar-refractivity contribution < 1.29 is 4.79 Å². The average molecular weight is 246 g/mol. The van der Waals surface area contributed by atoms with Gasteiger partial charge in [0.1, 0.15) is 0 Å². The molecule has 1 heterocycles. The summed E-state index contributed by atoms with van der Waals surface area (Å²) in [4.78, 5) is 15.8. The summed E-state index contributed by atoms with van der Waals surface area (Å²) in [6.45, 7) is 3.97. The van der Waals surface area contributed by atoms with Crippen LogP contribution in [0.15, 0.2) is 29.8 Å². The Hall–Kier alpha value is -1.68. The molecule has 0 saturated carbocycles. The Morgan fingerprint density at radius 2 is 2.06 bits per heavy atom. The number of nitrogens with zero attached hydrogens (tertiary/aromatic N) is 1. The van der Waals surface area contributed by atoms with Gasteiger partial charge in [-0.05, 0) is 25.0 Å². The number of aryl methyl sites for hydroxylation is 1. The van der Waals surface area contributed by atoms with Gasteiger partial charge in [0.25, 0.3) is 0 Å². The van der Waals surface area contributed by atoms with Crippen molar-refractivity contribution in [1.29, 1.82) is 0 Å². The maximum Gasteiger partial charge on any atom is 0.207 e. The number of hydrogen-bond acceptors (Lipinski definition) is 3. The zero-order valence-corrected chi connectivity index (χ0v) is 10.6. The van der Waals surface area contributed by atoms with Crippen LogP contribution < -0.4 is 5.32 Å². The third-order valence-electron chi connectivity index (χ3n) is 2.74. The lowest BCUT2D eigenvalue weighted by molar-refractivity contribution is -0.110. The Morgan fingerprint density at radius 3 is 2.59 bits per heavy atom. The van der Waals surface area contributed by atoms with Crippen LogP contribution in [0.3, 0.4) is 0 Å². The van der Waals surface area contributed by atoms with Gasteiger partial charge in [-0.3, -0.25) is 4.79 Å². The first-order chi connectivity index (χ1) is 8.22. The van der Waals surface area contributed by atoms with E-state index in [0.29, 0.717) is 0 Å². The van der Waals surface area contributed by atoms with E-state index < -0.39 is 0 Å². The second kappa shape index (κ2) is 5.10. The molecule has 88 valence electrons. The maximum atomic E-state index is 10.4. The van der Waals surface area contributed by atoms with Crippen LogP contribution in [0.25, 0.3) is 10.4 Å². The van der Waals surface area contributed by atoms with Crippen LogP contribution in [0.5, 0.6) is 0 Å². The van der Waals surface area contributed by atoms with Gasteiger partial charge in [0, 0.05) is 0 Å². The largest absolute Gasteiger partial charge is 0.352 e. The fraction of sp³-hybridized carbons (Fsp3) is 0.231. The van der Waals surface area contributed by atoms with Crippen molar-refractivity contribution in [1.82, 2.24) is 10.3 Å². The predicted octanol–water partition coefficient (Wildman–Crippen LogP) is 2.93. The monoisotopic (exact) mass is 246 g/mol. The van der Waals surface area contributed by atoms with E-state index in [1.807, 2.05) is 31.5 Å². The number of nitrogens with one attached hydrogen (secondary N) is 1. The molecule has 0 fully saturated rings. The Morgan fingerprint density at radius 1 is 1.35 bits per heavy atom. The lowest BCUT2D eigenvalue weighted by Gasteiger charge is -2.10. The van der Waals surface area contributed by atoms with Crippen LogP contribution in [0.1, 0.15) is 24.2 Å². The third-order valence-corrected chi connectivity index (χ3v) is 3.71. The minimum absolute atomic E-state index is 0.0455. The number of benzene rings is 1. The summed E-state index contributed by atoms with van der Waals surface area (Å²) >= 11 is 1.64.